The molecule has 0 aromatic carbocycles. The average Bonchev–Trinajstić information content (AvgIpc) is 2.50. The maximum atomic E-state index is 12.1. The number of aliphatic carboxylic acids is 1. The van der Waals surface area contributed by atoms with Crippen LogP contribution in [0.2, 0.25) is 0 Å². The summed E-state index contributed by atoms with van der Waals surface area (Å²) >= 11 is 1.49. The Morgan fingerprint density at radius 2 is 1.50 bits per heavy atom. The third-order valence-corrected chi connectivity index (χ3v) is 3.78. The Kier molecular flexibility index (Phi) is 10.0. The standard InChI is InChI=1S/C14H26N4O5S/c1-7(15)11(19)16-8(2)12(20)18-10(5-6-24-4)13(21)17-9(3)14(22)23/h7-10H,5-6,15H2,1-4H3,(H,16,19)(H,17,21)(H,18,20)(H,22,23). The van der Waals surface area contributed by atoms with E-state index in [1.54, 1.807) is 0 Å². The minimum Gasteiger partial charge on any atom is -0.480 e. The van der Waals surface area contributed by atoms with E-state index in [9.17, 15) is 19.2 Å². The Morgan fingerprint density at radius 3 is 1.96 bits per heavy atom. The number of rotatable bonds is 10. The molecule has 0 heterocycles. The lowest BCUT2D eigenvalue weighted by Gasteiger charge is -2.22. The Morgan fingerprint density at radius 1 is 0.958 bits per heavy atom. The number of carboxylic acid groups (broad SMARTS) is 1. The summed E-state index contributed by atoms with van der Waals surface area (Å²) in [6, 6.07) is -3.58. The lowest BCUT2D eigenvalue weighted by molar-refractivity contribution is -0.141. The van der Waals surface area contributed by atoms with Gasteiger partial charge in [0.25, 0.3) is 0 Å². The first kappa shape index (κ1) is 22.2. The topological polar surface area (TPSA) is 151 Å². The van der Waals surface area contributed by atoms with Crippen LogP contribution in [0.1, 0.15) is 27.2 Å². The van der Waals surface area contributed by atoms with Gasteiger partial charge in [-0.2, -0.15) is 11.8 Å². The quantitative estimate of drug-likeness (QED) is 0.323. The highest BCUT2D eigenvalue weighted by Crippen LogP contribution is 2.02. The van der Waals surface area contributed by atoms with Gasteiger partial charge in [0.2, 0.25) is 17.7 Å². The summed E-state index contributed by atoms with van der Waals surface area (Å²) in [5, 5.41) is 16.1. The number of carbonyl (C=O) groups is 4. The van der Waals surface area contributed by atoms with Crippen molar-refractivity contribution in [1.82, 2.24) is 16.0 Å². The van der Waals surface area contributed by atoms with Gasteiger partial charge >= 0.3 is 5.97 Å². The summed E-state index contributed by atoms with van der Waals surface area (Å²) in [5.41, 5.74) is 5.42. The van der Waals surface area contributed by atoms with Gasteiger partial charge < -0.3 is 26.8 Å². The average molecular weight is 362 g/mol. The molecule has 0 aliphatic carbocycles. The monoisotopic (exact) mass is 362 g/mol. The fourth-order valence-corrected chi connectivity index (χ4v) is 2.06. The second-order valence-corrected chi connectivity index (χ2v) is 6.42. The van der Waals surface area contributed by atoms with E-state index in [2.05, 4.69) is 16.0 Å². The molecule has 0 fully saturated rings. The largest absolute Gasteiger partial charge is 0.480 e. The van der Waals surface area contributed by atoms with Crippen molar-refractivity contribution >= 4 is 35.5 Å². The SMILES string of the molecule is CSCCC(NC(=O)C(C)NC(=O)C(C)N)C(=O)NC(C)C(=O)O. The van der Waals surface area contributed by atoms with Crippen LogP contribution in [-0.2, 0) is 19.2 Å². The number of carbonyl (C=O) groups excluding carboxylic acids is 3. The molecule has 6 N–H and O–H groups in total. The summed E-state index contributed by atoms with van der Waals surface area (Å²) < 4.78 is 0. The van der Waals surface area contributed by atoms with Crippen molar-refractivity contribution in [3.63, 3.8) is 0 Å². The number of nitrogens with one attached hydrogen (secondary N) is 3. The van der Waals surface area contributed by atoms with Crippen LogP contribution in [0.15, 0.2) is 0 Å². The molecule has 0 radical (unpaired) electrons. The van der Waals surface area contributed by atoms with E-state index in [0.717, 1.165) is 0 Å². The molecule has 0 saturated heterocycles. The molecule has 0 bridgehead atoms. The Bertz CT molecular complexity index is 472. The molecule has 0 rings (SSSR count). The first-order valence-electron chi connectivity index (χ1n) is 7.48. The number of amides is 3. The van der Waals surface area contributed by atoms with Crippen molar-refractivity contribution in [2.45, 2.75) is 51.4 Å². The van der Waals surface area contributed by atoms with Crippen LogP contribution in [0, 0.1) is 0 Å². The van der Waals surface area contributed by atoms with Gasteiger partial charge in [0.15, 0.2) is 0 Å². The van der Waals surface area contributed by atoms with E-state index in [1.165, 1.54) is 32.5 Å². The number of nitrogens with two attached hydrogens (primary N) is 1. The van der Waals surface area contributed by atoms with Crippen LogP contribution in [0.4, 0.5) is 0 Å². The molecule has 4 unspecified atom stereocenters. The molecule has 0 spiro atoms. The molecule has 4 atom stereocenters. The molecule has 24 heavy (non-hydrogen) atoms. The summed E-state index contributed by atoms with van der Waals surface area (Å²) in [7, 11) is 0. The fraction of sp³-hybridized carbons (Fsp3) is 0.714. The van der Waals surface area contributed by atoms with Crippen LogP contribution in [-0.4, -0.2) is 65.0 Å². The minimum atomic E-state index is -1.17. The predicted octanol–water partition coefficient (Wildman–Crippen LogP) is -1.33. The Balaban J connectivity index is 4.81. The van der Waals surface area contributed by atoms with Crippen molar-refractivity contribution < 1.29 is 24.3 Å². The van der Waals surface area contributed by atoms with Crippen molar-refractivity contribution in [2.24, 2.45) is 5.73 Å². The van der Waals surface area contributed by atoms with Gasteiger partial charge in [0, 0.05) is 0 Å². The third kappa shape index (κ3) is 8.16. The zero-order valence-corrected chi connectivity index (χ0v) is 15.1. The molecule has 0 aliphatic rings. The van der Waals surface area contributed by atoms with E-state index in [1.807, 2.05) is 6.26 Å². The Hall–Kier alpha value is -1.81. The fourth-order valence-electron chi connectivity index (χ4n) is 1.59. The second kappa shape index (κ2) is 10.9. The smallest absolute Gasteiger partial charge is 0.325 e. The molecule has 0 saturated carbocycles. The summed E-state index contributed by atoms with van der Waals surface area (Å²) in [5.74, 6) is -2.19. The van der Waals surface area contributed by atoms with Gasteiger partial charge in [0.1, 0.15) is 18.1 Å². The molecule has 0 aromatic rings. The predicted molar refractivity (Wildman–Crippen MR) is 91.4 cm³/mol. The molecule has 3 amide bonds. The normalized spacial score (nSPS) is 15.5. The maximum Gasteiger partial charge on any atom is 0.325 e. The van der Waals surface area contributed by atoms with Crippen molar-refractivity contribution in [1.29, 1.82) is 0 Å². The van der Waals surface area contributed by atoms with E-state index < -0.39 is 47.9 Å². The van der Waals surface area contributed by atoms with Crippen LogP contribution in [0.5, 0.6) is 0 Å². The lowest BCUT2D eigenvalue weighted by atomic mass is 10.1. The zero-order chi connectivity index (χ0) is 18.9. The van der Waals surface area contributed by atoms with Gasteiger partial charge in [-0.15, -0.1) is 0 Å². The van der Waals surface area contributed by atoms with Gasteiger partial charge in [-0.25, -0.2) is 0 Å². The summed E-state index contributed by atoms with van der Waals surface area (Å²) in [6.07, 6.45) is 2.18. The first-order chi connectivity index (χ1) is 11.1. The minimum absolute atomic E-state index is 0.332. The first-order valence-corrected chi connectivity index (χ1v) is 8.88. The van der Waals surface area contributed by atoms with Gasteiger partial charge in [-0.1, -0.05) is 0 Å². The van der Waals surface area contributed by atoms with E-state index >= 15 is 0 Å². The van der Waals surface area contributed by atoms with Crippen molar-refractivity contribution in [3.8, 4) is 0 Å². The van der Waals surface area contributed by atoms with Crippen molar-refractivity contribution in [2.75, 3.05) is 12.0 Å². The highest BCUT2D eigenvalue weighted by molar-refractivity contribution is 7.98. The third-order valence-electron chi connectivity index (χ3n) is 3.14. The van der Waals surface area contributed by atoms with Crippen LogP contribution < -0.4 is 21.7 Å². The Labute approximate surface area is 145 Å². The van der Waals surface area contributed by atoms with E-state index in [0.29, 0.717) is 12.2 Å². The lowest BCUT2D eigenvalue weighted by Crippen LogP contribution is -2.55. The summed E-state index contributed by atoms with van der Waals surface area (Å²) in [4.78, 5) is 46.6. The number of hydrogen-bond acceptors (Lipinski definition) is 6. The number of carboxylic acids is 1. The molecule has 10 heteroatoms. The van der Waals surface area contributed by atoms with E-state index in [-0.39, 0.29) is 0 Å². The maximum absolute atomic E-state index is 12.1. The molecular weight excluding hydrogens is 336 g/mol. The molecule has 0 aliphatic heterocycles. The van der Waals surface area contributed by atoms with Crippen LogP contribution in [0.25, 0.3) is 0 Å². The molecule has 0 aromatic heterocycles. The van der Waals surface area contributed by atoms with Crippen LogP contribution >= 0.6 is 11.8 Å². The zero-order valence-electron chi connectivity index (χ0n) is 14.3. The second-order valence-electron chi connectivity index (χ2n) is 5.43. The van der Waals surface area contributed by atoms with Gasteiger partial charge in [-0.3, -0.25) is 19.2 Å². The molecule has 9 nitrogen and oxygen atoms in total. The molecular formula is C14H26N4O5S. The molecule has 138 valence electrons. The summed E-state index contributed by atoms with van der Waals surface area (Å²) in [6.45, 7) is 4.29. The van der Waals surface area contributed by atoms with Crippen LogP contribution in [0.3, 0.4) is 0 Å². The number of hydrogen-bond donors (Lipinski definition) is 5. The number of thioether (sulfide) groups is 1. The highest BCUT2D eigenvalue weighted by Gasteiger charge is 2.26. The van der Waals surface area contributed by atoms with Gasteiger partial charge in [-0.05, 0) is 39.2 Å². The van der Waals surface area contributed by atoms with Gasteiger partial charge in [0.05, 0.1) is 6.04 Å². The highest BCUT2D eigenvalue weighted by atomic mass is 32.2. The van der Waals surface area contributed by atoms with Crippen molar-refractivity contribution in [3.05, 3.63) is 0 Å². The van der Waals surface area contributed by atoms with E-state index in [4.69, 9.17) is 10.8 Å².